The van der Waals surface area contributed by atoms with E-state index in [1.54, 1.807) is 24.2 Å². The zero-order chi connectivity index (χ0) is 14.6. The number of aromatic nitrogens is 1. The number of nitrogens with zero attached hydrogens (tertiary/aromatic N) is 2. The van der Waals surface area contributed by atoms with Gasteiger partial charge in [0.15, 0.2) is 0 Å². The number of carboxylic acid groups (broad SMARTS) is 1. The van der Waals surface area contributed by atoms with Gasteiger partial charge in [-0.1, -0.05) is 0 Å². The Morgan fingerprint density at radius 2 is 2.15 bits per heavy atom. The van der Waals surface area contributed by atoms with Gasteiger partial charge in [-0.05, 0) is 37.5 Å². The Bertz CT molecular complexity index is 492. The van der Waals surface area contributed by atoms with Gasteiger partial charge >= 0.3 is 12.0 Å². The maximum Gasteiger partial charge on any atom is 0.317 e. The van der Waals surface area contributed by atoms with E-state index in [2.05, 4.69) is 10.3 Å². The Morgan fingerprint density at radius 3 is 2.75 bits per heavy atom. The molecule has 20 heavy (non-hydrogen) atoms. The van der Waals surface area contributed by atoms with Crippen molar-refractivity contribution in [1.82, 2.24) is 15.2 Å². The molecule has 0 radical (unpaired) electrons. The number of carbonyl (C=O) groups is 2. The zero-order valence-electron chi connectivity index (χ0n) is 11.5. The average Bonchev–Trinajstić information content (AvgIpc) is 2.84. The highest BCUT2D eigenvalue weighted by Gasteiger charge is 2.42. The first-order valence-electron chi connectivity index (χ1n) is 6.66. The van der Waals surface area contributed by atoms with Crippen LogP contribution in [-0.4, -0.2) is 46.6 Å². The summed E-state index contributed by atoms with van der Waals surface area (Å²) in [5.41, 5.74) is 0.291. The maximum absolute atomic E-state index is 12.0. The summed E-state index contributed by atoms with van der Waals surface area (Å²) in [6.07, 6.45) is 4.67. The second-order valence-corrected chi connectivity index (χ2v) is 5.37. The summed E-state index contributed by atoms with van der Waals surface area (Å²) in [7, 11) is 0. The molecule has 2 amide bonds. The lowest BCUT2D eigenvalue weighted by Gasteiger charge is -2.20. The highest BCUT2D eigenvalue weighted by molar-refractivity contribution is 5.79. The zero-order valence-corrected chi connectivity index (χ0v) is 11.5. The van der Waals surface area contributed by atoms with Gasteiger partial charge in [-0.25, -0.2) is 4.79 Å². The van der Waals surface area contributed by atoms with Crippen LogP contribution in [0.5, 0.6) is 0 Å². The molecule has 0 aromatic carbocycles. The van der Waals surface area contributed by atoms with Crippen LogP contribution in [0.25, 0.3) is 0 Å². The molecule has 0 aliphatic carbocycles. The van der Waals surface area contributed by atoms with Gasteiger partial charge < -0.3 is 15.3 Å². The first-order valence-corrected chi connectivity index (χ1v) is 6.66. The van der Waals surface area contributed by atoms with E-state index < -0.39 is 11.4 Å². The molecule has 1 fully saturated rings. The van der Waals surface area contributed by atoms with E-state index in [1.807, 2.05) is 12.1 Å². The average molecular weight is 277 g/mol. The minimum Gasteiger partial charge on any atom is -0.481 e. The monoisotopic (exact) mass is 277 g/mol. The van der Waals surface area contributed by atoms with Crippen molar-refractivity contribution in [1.29, 1.82) is 0 Å². The highest BCUT2D eigenvalue weighted by atomic mass is 16.4. The van der Waals surface area contributed by atoms with Crippen LogP contribution >= 0.6 is 0 Å². The van der Waals surface area contributed by atoms with Gasteiger partial charge in [0.25, 0.3) is 0 Å². The predicted molar refractivity (Wildman–Crippen MR) is 73.3 cm³/mol. The van der Waals surface area contributed by atoms with E-state index >= 15 is 0 Å². The van der Waals surface area contributed by atoms with E-state index in [1.165, 1.54) is 0 Å². The summed E-state index contributed by atoms with van der Waals surface area (Å²) in [4.78, 5) is 28.6. The number of amides is 2. The van der Waals surface area contributed by atoms with Crippen molar-refractivity contribution < 1.29 is 14.7 Å². The number of likely N-dealkylation sites (tertiary alicyclic amines) is 1. The van der Waals surface area contributed by atoms with Crippen LogP contribution in [0.2, 0.25) is 0 Å². The molecule has 1 aliphatic heterocycles. The van der Waals surface area contributed by atoms with Gasteiger partial charge in [0.2, 0.25) is 0 Å². The van der Waals surface area contributed by atoms with Gasteiger partial charge in [-0.2, -0.15) is 0 Å². The fraction of sp³-hybridized carbons (Fsp3) is 0.500. The van der Waals surface area contributed by atoms with Gasteiger partial charge in [-0.3, -0.25) is 9.78 Å². The first-order chi connectivity index (χ1) is 9.51. The summed E-state index contributed by atoms with van der Waals surface area (Å²) in [6.45, 7) is 2.97. The number of carboxylic acids is 1. The number of hydrogen-bond donors (Lipinski definition) is 2. The number of urea groups is 1. The lowest BCUT2D eigenvalue weighted by molar-refractivity contribution is -0.146. The molecule has 0 bridgehead atoms. The maximum atomic E-state index is 12.0. The van der Waals surface area contributed by atoms with E-state index in [9.17, 15) is 9.59 Å². The van der Waals surface area contributed by atoms with Crippen LogP contribution in [0.15, 0.2) is 24.5 Å². The van der Waals surface area contributed by atoms with Crippen molar-refractivity contribution in [3.05, 3.63) is 30.1 Å². The molecule has 108 valence electrons. The largest absolute Gasteiger partial charge is 0.481 e. The van der Waals surface area contributed by atoms with Crippen LogP contribution in [-0.2, 0) is 11.2 Å². The van der Waals surface area contributed by atoms with E-state index in [-0.39, 0.29) is 12.6 Å². The van der Waals surface area contributed by atoms with Crippen molar-refractivity contribution in [3.8, 4) is 0 Å². The third-order valence-corrected chi connectivity index (χ3v) is 3.72. The predicted octanol–water partition coefficient (Wildman–Crippen LogP) is 1.13. The third kappa shape index (κ3) is 3.26. The molecule has 0 spiro atoms. The Morgan fingerprint density at radius 1 is 1.45 bits per heavy atom. The fourth-order valence-corrected chi connectivity index (χ4v) is 2.28. The third-order valence-electron chi connectivity index (χ3n) is 3.72. The molecule has 2 rings (SSSR count). The van der Waals surface area contributed by atoms with Gasteiger partial charge in [0, 0.05) is 32.0 Å². The second-order valence-electron chi connectivity index (χ2n) is 5.37. The molecule has 1 atom stereocenters. The smallest absolute Gasteiger partial charge is 0.317 e. The molecule has 1 saturated heterocycles. The van der Waals surface area contributed by atoms with E-state index in [0.717, 1.165) is 12.0 Å². The standard InChI is InChI=1S/C14H19N3O3/c1-14(12(18)19)5-9-17(10-14)13(20)16-8-4-11-2-6-15-7-3-11/h2-3,6-7H,4-5,8-10H2,1H3,(H,16,20)(H,18,19). The van der Waals surface area contributed by atoms with Gasteiger partial charge in [-0.15, -0.1) is 0 Å². The minimum absolute atomic E-state index is 0.191. The summed E-state index contributed by atoms with van der Waals surface area (Å²) in [5.74, 6) is -0.843. The summed E-state index contributed by atoms with van der Waals surface area (Å²) >= 11 is 0. The SMILES string of the molecule is CC1(C(=O)O)CCN(C(=O)NCCc2ccncc2)C1. The Balaban J connectivity index is 1.78. The van der Waals surface area contributed by atoms with Crippen LogP contribution in [0.3, 0.4) is 0 Å². The summed E-state index contributed by atoms with van der Waals surface area (Å²) in [5, 5.41) is 12.0. The number of nitrogens with one attached hydrogen (secondary N) is 1. The van der Waals surface area contributed by atoms with Crippen molar-refractivity contribution in [2.75, 3.05) is 19.6 Å². The number of hydrogen-bond acceptors (Lipinski definition) is 3. The molecule has 2 heterocycles. The molecule has 6 nitrogen and oxygen atoms in total. The molecular weight excluding hydrogens is 258 g/mol. The normalized spacial score (nSPS) is 21.8. The Labute approximate surface area is 117 Å². The quantitative estimate of drug-likeness (QED) is 0.864. The van der Waals surface area contributed by atoms with Crippen LogP contribution in [0, 0.1) is 5.41 Å². The molecule has 1 aromatic heterocycles. The second kappa shape index (κ2) is 5.90. The summed E-state index contributed by atoms with van der Waals surface area (Å²) in [6, 6.07) is 3.62. The lowest BCUT2D eigenvalue weighted by Crippen LogP contribution is -2.41. The van der Waals surface area contributed by atoms with Crippen LogP contribution < -0.4 is 5.32 Å². The van der Waals surface area contributed by atoms with Crippen LogP contribution in [0.1, 0.15) is 18.9 Å². The molecular formula is C14H19N3O3. The molecule has 6 heteroatoms. The Hall–Kier alpha value is -2.11. The van der Waals surface area contributed by atoms with Crippen molar-refractivity contribution in [2.45, 2.75) is 19.8 Å². The number of aliphatic carboxylic acids is 1. The van der Waals surface area contributed by atoms with Crippen molar-refractivity contribution >= 4 is 12.0 Å². The van der Waals surface area contributed by atoms with Crippen molar-refractivity contribution in [2.24, 2.45) is 5.41 Å². The molecule has 0 saturated carbocycles. The molecule has 1 aromatic rings. The lowest BCUT2D eigenvalue weighted by atomic mass is 9.90. The molecule has 1 aliphatic rings. The van der Waals surface area contributed by atoms with E-state index in [4.69, 9.17) is 5.11 Å². The van der Waals surface area contributed by atoms with Gasteiger partial charge in [0.1, 0.15) is 0 Å². The number of pyridine rings is 1. The van der Waals surface area contributed by atoms with E-state index in [0.29, 0.717) is 19.5 Å². The Kier molecular flexibility index (Phi) is 4.22. The fourth-order valence-electron chi connectivity index (χ4n) is 2.28. The summed E-state index contributed by atoms with van der Waals surface area (Å²) < 4.78 is 0. The number of carbonyl (C=O) groups excluding carboxylic acids is 1. The number of rotatable bonds is 4. The van der Waals surface area contributed by atoms with Gasteiger partial charge in [0.05, 0.1) is 5.41 Å². The highest BCUT2D eigenvalue weighted by Crippen LogP contribution is 2.29. The molecule has 1 unspecified atom stereocenters. The van der Waals surface area contributed by atoms with Crippen molar-refractivity contribution in [3.63, 3.8) is 0 Å². The first kappa shape index (κ1) is 14.3. The topological polar surface area (TPSA) is 82.5 Å². The van der Waals surface area contributed by atoms with Crippen LogP contribution in [0.4, 0.5) is 4.79 Å². The minimum atomic E-state index is -0.843. The molecule has 2 N–H and O–H groups in total.